The Balaban J connectivity index is 2.33. The Morgan fingerprint density at radius 2 is 1.93 bits per heavy atom. The molecule has 0 radical (unpaired) electrons. The van der Waals surface area contributed by atoms with Crippen LogP contribution in [0, 0.1) is 5.92 Å². The molecule has 1 aliphatic carbocycles. The first-order valence-electron chi connectivity index (χ1n) is 5.12. The minimum absolute atomic E-state index is 0.542. The maximum Gasteiger partial charge on any atom is 0.0183 e. The van der Waals surface area contributed by atoms with Gasteiger partial charge in [0, 0.05) is 4.83 Å². The van der Waals surface area contributed by atoms with E-state index < -0.39 is 0 Å². The molecule has 0 saturated carbocycles. The number of fused-ring (bicyclic) bond motifs is 1. The van der Waals surface area contributed by atoms with E-state index >= 15 is 0 Å². The van der Waals surface area contributed by atoms with E-state index in [4.69, 9.17) is 0 Å². The highest BCUT2D eigenvalue weighted by atomic mass is 79.9. The molecule has 2 rings (SSSR count). The Labute approximate surface area is 94.2 Å². The Bertz CT molecular complexity index is 363. The van der Waals surface area contributed by atoms with E-state index in [9.17, 15) is 0 Å². The first-order valence-corrected chi connectivity index (χ1v) is 6.04. The Morgan fingerprint density at radius 3 is 2.64 bits per heavy atom. The molecule has 0 bridgehead atoms. The van der Waals surface area contributed by atoms with Crippen molar-refractivity contribution in [3.05, 3.63) is 41.5 Å². The second-order valence-corrected chi connectivity index (χ2v) is 5.43. The second-order valence-electron chi connectivity index (χ2n) is 3.99. The molecule has 0 amide bonds. The first-order chi connectivity index (χ1) is 6.70. The summed E-state index contributed by atoms with van der Waals surface area (Å²) in [6.07, 6.45) is 3.47. The lowest BCUT2D eigenvalue weighted by atomic mass is 9.93. The van der Waals surface area contributed by atoms with Gasteiger partial charge in [0.05, 0.1) is 0 Å². The maximum absolute atomic E-state index is 3.66. The van der Waals surface area contributed by atoms with E-state index in [2.05, 4.69) is 60.1 Å². The predicted octanol–water partition coefficient (Wildman–Crippen LogP) is 4.05. The zero-order valence-electron chi connectivity index (χ0n) is 8.63. The fourth-order valence-electron chi connectivity index (χ4n) is 1.99. The second kappa shape index (κ2) is 3.90. The van der Waals surface area contributed by atoms with Crippen LogP contribution in [0.2, 0.25) is 0 Å². The molecule has 0 nitrogen and oxygen atoms in total. The van der Waals surface area contributed by atoms with Crippen LogP contribution < -0.4 is 0 Å². The smallest absolute Gasteiger partial charge is 0.0183 e. The van der Waals surface area contributed by atoms with Crippen molar-refractivity contribution < 1.29 is 0 Å². The molecule has 2 unspecified atom stereocenters. The minimum atomic E-state index is 0.542. The standard InChI is InChI=1S/C13H15Br/c1-9(10(2)14)12-8-7-11-5-3-4-6-13(11)12/h3-6,8-10H,7H2,1-2H3. The summed E-state index contributed by atoms with van der Waals surface area (Å²) in [4.78, 5) is 0.542. The third-order valence-electron chi connectivity index (χ3n) is 3.05. The van der Waals surface area contributed by atoms with Gasteiger partial charge in [-0.25, -0.2) is 0 Å². The topological polar surface area (TPSA) is 0 Å². The number of halogens is 1. The zero-order valence-corrected chi connectivity index (χ0v) is 10.2. The third kappa shape index (κ3) is 1.66. The molecule has 0 fully saturated rings. The van der Waals surface area contributed by atoms with Crippen LogP contribution in [-0.2, 0) is 6.42 Å². The summed E-state index contributed by atoms with van der Waals surface area (Å²) < 4.78 is 0. The van der Waals surface area contributed by atoms with Gasteiger partial charge in [-0.05, 0) is 29.0 Å². The first kappa shape index (κ1) is 9.97. The van der Waals surface area contributed by atoms with Gasteiger partial charge < -0.3 is 0 Å². The summed E-state index contributed by atoms with van der Waals surface area (Å²) in [5.41, 5.74) is 4.43. The summed E-state index contributed by atoms with van der Waals surface area (Å²) >= 11 is 3.66. The minimum Gasteiger partial charge on any atom is -0.0887 e. The van der Waals surface area contributed by atoms with Crippen molar-refractivity contribution in [2.75, 3.05) is 0 Å². The highest BCUT2D eigenvalue weighted by molar-refractivity contribution is 9.09. The number of alkyl halides is 1. The molecule has 0 saturated heterocycles. The van der Waals surface area contributed by atoms with Gasteiger partial charge in [0.25, 0.3) is 0 Å². The van der Waals surface area contributed by atoms with Gasteiger partial charge in [0.2, 0.25) is 0 Å². The summed E-state index contributed by atoms with van der Waals surface area (Å²) in [7, 11) is 0. The molecule has 0 spiro atoms. The SMILES string of the molecule is CC(Br)C(C)C1=CCc2ccccc21. The largest absolute Gasteiger partial charge is 0.0887 e. The Hall–Kier alpha value is -0.560. The van der Waals surface area contributed by atoms with Crippen LogP contribution in [0.3, 0.4) is 0 Å². The fraction of sp³-hybridized carbons (Fsp3) is 0.385. The molecule has 14 heavy (non-hydrogen) atoms. The number of hydrogen-bond acceptors (Lipinski definition) is 0. The van der Waals surface area contributed by atoms with Gasteiger partial charge in [0.15, 0.2) is 0 Å². The van der Waals surface area contributed by atoms with Gasteiger partial charge in [-0.1, -0.05) is 60.1 Å². The molecule has 1 aliphatic rings. The van der Waals surface area contributed by atoms with Gasteiger partial charge in [-0.3, -0.25) is 0 Å². The van der Waals surface area contributed by atoms with Gasteiger partial charge in [-0.2, -0.15) is 0 Å². The lowest BCUT2D eigenvalue weighted by molar-refractivity contribution is 0.748. The summed E-state index contributed by atoms with van der Waals surface area (Å²) in [6.45, 7) is 4.50. The molecule has 0 aromatic heterocycles. The number of hydrogen-bond donors (Lipinski definition) is 0. The van der Waals surface area contributed by atoms with E-state index in [-0.39, 0.29) is 0 Å². The van der Waals surface area contributed by atoms with Gasteiger partial charge >= 0.3 is 0 Å². The number of benzene rings is 1. The van der Waals surface area contributed by atoms with Crippen LogP contribution in [0.1, 0.15) is 25.0 Å². The summed E-state index contributed by atoms with van der Waals surface area (Å²) in [6, 6.07) is 8.71. The van der Waals surface area contributed by atoms with Crippen molar-refractivity contribution in [1.29, 1.82) is 0 Å². The molecule has 2 atom stereocenters. The summed E-state index contributed by atoms with van der Waals surface area (Å²) in [5, 5.41) is 0. The van der Waals surface area contributed by atoms with Crippen LogP contribution in [-0.4, -0.2) is 4.83 Å². The van der Waals surface area contributed by atoms with Crippen LogP contribution in [0.15, 0.2) is 30.3 Å². The van der Waals surface area contributed by atoms with E-state index in [0.29, 0.717) is 10.7 Å². The van der Waals surface area contributed by atoms with Crippen LogP contribution in [0.4, 0.5) is 0 Å². The average molecular weight is 251 g/mol. The molecular weight excluding hydrogens is 236 g/mol. The van der Waals surface area contributed by atoms with Gasteiger partial charge in [-0.15, -0.1) is 0 Å². The lowest BCUT2D eigenvalue weighted by Gasteiger charge is -2.17. The van der Waals surface area contributed by atoms with Crippen molar-refractivity contribution >= 4 is 21.5 Å². The van der Waals surface area contributed by atoms with E-state index in [1.165, 1.54) is 16.7 Å². The predicted molar refractivity (Wildman–Crippen MR) is 65.7 cm³/mol. The third-order valence-corrected chi connectivity index (χ3v) is 3.84. The maximum atomic E-state index is 3.66. The molecular formula is C13H15Br. The Morgan fingerprint density at radius 1 is 1.21 bits per heavy atom. The van der Waals surface area contributed by atoms with E-state index in [1.807, 2.05) is 0 Å². The number of rotatable bonds is 2. The molecule has 1 heteroatoms. The zero-order chi connectivity index (χ0) is 10.1. The molecule has 0 aliphatic heterocycles. The number of allylic oxidation sites excluding steroid dienone is 2. The van der Waals surface area contributed by atoms with Crippen molar-refractivity contribution in [2.24, 2.45) is 5.92 Å². The van der Waals surface area contributed by atoms with Crippen molar-refractivity contribution in [3.8, 4) is 0 Å². The van der Waals surface area contributed by atoms with Crippen molar-refractivity contribution in [2.45, 2.75) is 25.1 Å². The average Bonchev–Trinajstić information content (AvgIpc) is 2.60. The van der Waals surface area contributed by atoms with E-state index in [0.717, 1.165) is 6.42 Å². The quantitative estimate of drug-likeness (QED) is 0.696. The fourth-order valence-corrected chi connectivity index (χ4v) is 2.27. The summed E-state index contributed by atoms with van der Waals surface area (Å²) in [5.74, 6) is 0.596. The van der Waals surface area contributed by atoms with Crippen LogP contribution in [0.5, 0.6) is 0 Å². The molecule has 74 valence electrons. The molecule has 1 aromatic carbocycles. The van der Waals surface area contributed by atoms with E-state index in [1.54, 1.807) is 0 Å². The van der Waals surface area contributed by atoms with Crippen LogP contribution >= 0.6 is 15.9 Å². The van der Waals surface area contributed by atoms with Crippen molar-refractivity contribution in [1.82, 2.24) is 0 Å². The normalized spacial score (nSPS) is 18.6. The molecule has 0 heterocycles. The van der Waals surface area contributed by atoms with Crippen molar-refractivity contribution in [3.63, 3.8) is 0 Å². The molecule has 0 N–H and O–H groups in total. The van der Waals surface area contributed by atoms with Gasteiger partial charge in [0.1, 0.15) is 0 Å². The lowest BCUT2D eigenvalue weighted by Crippen LogP contribution is -2.07. The Kier molecular flexibility index (Phi) is 2.78. The monoisotopic (exact) mass is 250 g/mol. The highest BCUT2D eigenvalue weighted by Crippen LogP contribution is 2.35. The molecule has 1 aromatic rings. The highest BCUT2D eigenvalue weighted by Gasteiger charge is 2.21. The van der Waals surface area contributed by atoms with Crippen LogP contribution in [0.25, 0.3) is 5.57 Å².